The first kappa shape index (κ1) is 7.88. The first-order valence-electron chi connectivity index (χ1n) is 2.93. The summed E-state index contributed by atoms with van der Waals surface area (Å²) in [6.07, 6.45) is 4.08. The second-order valence-electron chi connectivity index (χ2n) is 2.12. The average Bonchev–Trinajstić information content (AvgIpc) is 2.17. The van der Waals surface area contributed by atoms with Crippen LogP contribution in [0.15, 0.2) is 11.2 Å². The first-order chi connectivity index (χ1) is 4.66. The van der Waals surface area contributed by atoms with E-state index in [4.69, 9.17) is 12.2 Å². The predicted octanol–water partition coefficient (Wildman–Crippen LogP) is 1.81. The van der Waals surface area contributed by atoms with Crippen molar-refractivity contribution in [1.82, 2.24) is 9.13 Å². The predicted molar refractivity (Wildman–Crippen MR) is 47.0 cm³/mol. The molecular weight excluding hydrogens is 164 g/mol. The molecule has 0 N–H and O–H groups in total. The van der Waals surface area contributed by atoms with E-state index < -0.39 is 0 Å². The number of hydrogen-bond acceptors (Lipinski definition) is 2. The molecule has 56 valence electrons. The highest BCUT2D eigenvalue weighted by molar-refractivity contribution is 7.98. The van der Waals surface area contributed by atoms with E-state index in [-0.39, 0.29) is 0 Å². The largest absolute Gasteiger partial charge is 0.326 e. The second kappa shape index (κ2) is 2.80. The lowest BCUT2D eigenvalue weighted by atomic mass is 10.9. The van der Waals surface area contributed by atoms with E-state index in [0.29, 0.717) is 0 Å². The zero-order valence-electron chi connectivity index (χ0n) is 6.29. The molecule has 0 aromatic carbocycles. The van der Waals surface area contributed by atoms with Gasteiger partial charge in [0, 0.05) is 20.3 Å². The van der Waals surface area contributed by atoms with Crippen molar-refractivity contribution in [3.63, 3.8) is 0 Å². The Morgan fingerprint density at radius 3 is 2.30 bits per heavy atom. The molecule has 0 aliphatic rings. The third-order valence-electron chi connectivity index (χ3n) is 1.43. The monoisotopic (exact) mass is 174 g/mol. The van der Waals surface area contributed by atoms with Gasteiger partial charge in [0.15, 0.2) is 4.77 Å². The molecule has 0 spiro atoms. The third-order valence-corrected chi connectivity index (χ3v) is 2.79. The lowest BCUT2D eigenvalue weighted by Gasteiger charge is -1.93. The third kappa shape index (κ3) is 1.13. The van der Waals surface area contributed by atoms with Crippen molar-refractivity contribution in [2.75, 3.05) is 6.26 Å². The summed E-state index contributed by atoms with van der Waals surface area (Å²) in [5.41, 5.74) is 0. The fraction of sp³-hybridized carbons (Fsp3) is 0.500. The van der Waals surface area contributed by atoms with Gasteiger partial charge in [-0.1, -0.05) is 0 Å². The van der Waals surface area contributed by atoms with Crippen LogP contribution in [-0.2, 0) is 14.1 Å². The summed E-state index contributed by atoms with van der Waals surface area (Å²) < 4.78 is 4.81. The van der Waals surface area contributed by atoms with Gasteiger partial charge < -0.3 is 9.13 Å². The maximum atomic E-state index is 5.09. The van der Waals surface area contributed by atoms with Crippen LogP contribution < -0.4 is 0 Å². The number of aromatic nitrogens is 2. The molecule has 2 nitrogen and oxygen atoms in total. The van der Waals surface area contributed by atoms with Crippen molar-refractivity contribution < 1.29 is 0 Å². The highest BCUT2D eigenvalue weighted by Gasteiger charge is 1.98. The first-order valence-corrected chi connectivity index (χ1v) is 4.56. The Balaban J connectivity index is 3.31. The van der Waals surface area contributed by atoms with Crippen molar-refractivity contribution in [1.29, 1.82) is 0 Å². The molecule has 0 aliphatic carbocycles. The van der Waals surface area contributed by atoms with E-state index in [0.717, 1.165) is 4.77 Å². The minimum absolute atomic E-state index is 0.865. The Bertz CT molecular complexity index is 284. The normalized spacial score (nSPS) is 10.3. The van der Waals surface area contributed by atoms with Gasteiger partial charge in [-0.2, -0.15) is 0 Å². The summed E-state index contributed by atoms with van der Waals surface area (Å²) >= 11 is 6.80. The molecule has 0 saturated heterocycles. The van der Waals surface area contributed by atoms with Gasteiger partial charge in [0.05, 0.1) is 5.03 Å². The molecule has 4 heteroatoms. The topological polar surface area (TPSA) is 9.86 Å². The van der Waals surface area contributed by atoms with E-state index in [1.54, 1.807) is 11.8 Å². The summed E-state index contributed by atoms with van der Waals surface area (Å²) in [4.78, 5) is 0. The number of imidazole rings is 1. The van der Waals surface area contributed by atoms with Gasteiger partial charge in [-0.25, -0.2) is 0 Å². The number of hydrogen-bond donors (Lipinski definition) is 0. The molecule has 1 aromatic rings. The van der Waals surface area contributed by atoms with Crippen molar-refractivity contribution >= 4 is 24.0 Å². The van der Waals surface area contributed by atoms with Crippen molar-refractivity contribution in [3.05, 3.63) is 11.0 Å². The zero-order chi connectivity index (χ0) is 7.72. The summed E-state index contributed by atoms with van der Waals surface area (Å²) in [6, 6.07) is 0. The fourth-order valence-electron chi connectivity index (χ4n) is 0.828. The van der Waals surface area contributed by atoms with Crippen LogP contribution in [0, 0.1) is 4.77 Å². The standard InChI is InChI=1S/C6H10N2S2/c1-7-4-5(10-3)8(2)6(7)9/h4H,1-3H3. The summed E-state index contributed by atoms with van der Waals surface area (Å²) in [6.45, 7) is 0. The van der Waals surface area contributed by atoms with Crippen LogP contribution in [0.1, 0.15) is 0 Å². The van der Waals surface area contributed by atoms with E-state index in [9.17, 15) is 0 Å². The smallest absolute Gasteiger partial charge is 0.180 e. The number of rotatable bonds is 1. The van der Waals surface area contributed by atoms with Gasteiger partial charge in [-0.05, 0) is 18.5 Å². The maximum Gasteiger partial charge on any atom is 0.180 e. The Morgan fingerprint density at radius 2 is 2.10 bits per heavy atom. The molecule has 1 heterocycles. The lowest BCUT2D eigenvalue weighted by Crippen LogP contribution is -1.90. The fourth-order valence-corrected chi connectivity index (χ4v) is 1.66. The Morgan fingerprint density at radius 1 is 1.50 bits per heavy atom. The molecule has 1 aromatic heterocycles. The van der Waals surface area contributed by atoms with Crippen LogP contribution in [0.25, 0.3) is 0 Å². The minimum Gasteiger partial charge on any atom is -0.326 e. The van der Waals surface area contributed by atoms with Crippen LogP contribution in [0.3, 0.4) is 0 Å². The maximum absolute atomic E-state index is 5.09. The van der Waals surface area contributed by atoms with Gasteiger partial charge in [-0.15, -0.1) is 11.8 Å². The molecule has 0 saturated carbocycles. The molecule has 0 aliphatic heterocycles. The SMILES string of the molecule is CSc1cn(C)c(=S)n1C. The van der Waals surface area contributed by atoms with Crippen LogP contribution >= 0.6 is 24.0 Å². The molecule has 10 heavy (non-hydrogen) atoms. The van der Waals surface area contributed by atoms with Gasteiger partial charge in [0.1, 0.15) is 0 Å². The van der Waals surface area contributed by atoms with Crippen LogP contribution in [-0.4, -0.2) is 15.4 Å². The van der Waals surface area contributed by atoms with Gasteiger partial charge in [0.25, 0.3) is 0 Å². The Labute approximate surface area is 69.9 Å². The van der Waals surface area contributed by atoms with E-state index in [2.05, 4.69) is 0 Å². The van der Waals surface area contributed by atoms with Gasteiger partial charge >= 0.3 is 0 Å². The second-order valence-corrected chi connectivity index (χ2v) is 3.32. The zero-order valence-corrected chi connectivity index (χ0v) is 7.92. The van der Waals surface area contributed by atoms with Crippen LogP contribution in [0.4, 0.5) is 0 Å². The molecule has 1 rings (SSSR count). The molecule has 0 unspecified atom stereocenters. The molecule has 0 radical (unpaired) electrons. The molecule has 0 amide bonds. The quantitative estimate of drug-likeness (QED) is 0.474. The molecule has 0 atom stereocenters. The molecular formula is C6H10N2S2. The summed E-state index contributed by atoms with van der Waals surface area (Å²) in [7, 11) is 3.94. The van der Waals surface area contributed by atoms with E-state index in [1.165, 1.54) is 5.03 Å². The Kier molecular flexibility index (Phi) is 2.21. The minimum atomic E-state index is 0.865. The lowest BCUT2D eigenvalue weighted by molar-refractivity contribution is 0.780. The van der Waals surface area contributed by atoms with Crippen molar-refractivity contribution in [2.24, 2.45) is 14.1 Å². The van der Waals surface area contributed by atoms with Crippen LogP contribution in [0.5, 0.6) is 0 Å². The summed E-state index contributed by atoms with van der Waals surface area (Å²) in [5, 5.41) is 1.20. The number of nitrogens with zero attached hydrogens (tertiary/aromatic N) is 2. The van der Waals surface area contributed by atoms with Gasteiger partial charge in [0.2, 0.25) is 0 Å². The summed E-state index contributed by atoms with van der Waals surface area (Å²) in [5.74, 6) is 0. The van der Waals surface area contributed by atoms with E-state index in [1.807, 2.05) is 35.7 Å². The highest BCUT2D eigenvalue weighted by atomic mass is 32.2. The number of aryl methyl sites for hydroxylation is 1. The number of thioether (sulfide) groups is 1. The average molecular weight is 174 g/mol. The van der Waals surface area contributed by atoms with Crippen molar-refractivity contribution in [3.8, 4) is 0 Å². The molecule has 0 bridgehead atoms. The molecule has 0 fully saturated rings. The van der Waals surface area contributed by atoms with E-state index >= 15 is 0 Å². The Hall–Kier alpha value is -0.220. The van der Waals surface area contributed by atoms with Crippen LogP contribution in [0.2, 0.25) is 0 Å². The highest BCUT2D eigenvalue weighted by Crippen LogP contribution is 2.13. The van der Waals surface area contributed by atoms with Crippen molar-refractivity contribution in [2.45, 2.75) is 5.03 Å². The van der Waals surface area contributed by atoms with Gasteiger partial charge in [-0.3, -0.25) is 0 Å².